The second-order valence-electron chi connectivity index (χ2n) is 4.81. The van der Waals surface area contributed by atoms with Crippen LogP contribution in [0.25, 0.3) is 0 Å². The Hall–Kier alpha value is -2.56. The van der Waals surface area contributed by atoms with Crippen molar-refractivity contribution in [1.29, 1.82) is 0 Å². The predicted molar refractivity (Wildman–Crippen MR) is 80.7 cm³/mol. The fraction of sp³-hybridized carbons (Fsp3) is 0.200. The lowest BCUT2D eigenvalue weighted by Gasteiger charge is -2.16. The maximum absolute atomic E-state index is 11.0. The molecule has 104 valence electrons. The molecule has 20 heavy (non-hydrogen) atoms. The topological polar surface area (TPSA) is 81.2 Å². The van der Waals surface area contributed by atoms with Gasteiger partial charge >= 0.3 is 0 Å². The molecule has 2 aromatic carbocycles. The van der Waals surface area contributed by atoms with Gasteiger partial charge in [-0.25, -0.2) is 0 Å². The number of aryl methyl sites for hydroxylation is 1. The van der Waals surface area contributed by atoms with Gasteiger partial charge in [0.1, 0.15) is 5.69 Å². The summed E-state index contributed by atoms with van der Waals surface area (Å²) in [6.45, 7) is 3.86. The Labute approximate surface area is 117 Å². The highest BCUT2D eigenvalue weighted by Gasteiger charge is 2.15. The van der Waals surface area contributed by atoms with Gasteiger partial charge in [0.2, 0.25) is 0 Å². The van der Waals surface area contributed by atoms with Crippen LogP contribution in [0.3, 0.4) is 0 Å². The first-order valence-electron chi connectivity index (χ1n) is 6.34. The number of benzene rings is 2. The second kappa shape index (κ2) is 5.61. The number of anilines is 2. The van der Waals surface area contributed by atoms with Crippen molar-refractivity contribution in [3.63, 3.8) is 0 Å². The predicted octanol–water partition coefficient (Wildman–Crippen LogP) is 3.66. The van der Waals surface area contributed by atoms with Gasteiger partial charge in [-0.1, -0.05) is 18.2 Å². The van der Waals surface area contributed by atoms with Crippen LogP contribution >= 0.6 is 0 Å². The molecule has 2 aromatic rings. The molecule has 0 bridgehead atoms. The summed E-state index contributed by atoms with van der Waals surface area (Å²) in [6.07, 6.45) is 0. The average Bonchev–Trinajstić information content (AvgIpc) is 2.39. The van der Waals surface area contributed by atoms with E-state index in [2.05, 4.69) is 5.32 Å². The molecule has 5 heteroatoms. The van der Waals surface area contributed by atoms with Crippen LogP contribution in [0.5, 0.6) is 0 Å². The Balaban J connectivity index is 2.27. The minimum Gasteiger partial charge on any atom is -0.399 e. The third-order valence-electron chi connectivity index (χ3n) is 3.16. The van der Waals surface area contributed by atoms with E-state index in [1.54, 1.807) is 12.1 Å². The summed E-state index contributed by atoms with van der Waals surface area (Å²) in [5.74, 6) is 0. The fourth-order valence-corrected chi connectivity index (χ4v) is 2.03. The van der Waals surface area contributed by atoms with Gasteiger partial charge in [-0.05, 0) is 43.2 Å². The first-order chi connectivity index (χ1) is 9.47. The highest BCUT2D eigenvalue weighted by Crippen LogP contribution is 2.29. The van der Waals surface area contributed by atoms with Crippen molar-refractivity contribution in [2.24, 2.45) is 0 Å². The summed E-state index contributed by atoms with van der Waals surface area (Å²) >= 11 is 0. The molecule has 0 fully saturated rings. The van der Waals surface area contributed by atoms with Gasteiger partial charge in [0, 0.05) is 17.8 Å². The van der Waals surface area contributed by atoms with Gasteiger partial charge in [0.05, 0.1) is 4.92 Å². The van der Waals surface area contributed by atoms with E-state index in [1.165, 1.54) is 6.07 Å². The number of nitrogens with zero attached hydrogens (tertiary/aromatic N) is 1. The van der Waals surface area contributed by atoms with Crippen molar-refractivity contribution in [3.8, 4) is 0 Å². The Kier molecular flexibility index (Phi) is 3.89. The van der Waals surface area contributed by atoms with E-state index >= 15 is 0 Å². The molecule has 1 atom stereocenters. The third-order valence-corrected chi connectivity index (χ3v) is 3.16. The van der Waals surface area contributed by atoms with Gasteiger partial charge in [-0.3, -0.25) is 10.1 Å². The summed E-state index contributed by atoms with van der Waals surface area (Å²) in [5, 5.41) is 14.2. The van der Waals surface area contributed by atoms with Crippen LogP contribution in [0.1, 0.15) is 24.1 Å². The van der Waals surface area contributed by atoms with Gasteiger partial charge in [0.15, 0.2) is 0 Å². The summed E-state index contributed by atoms with van der Waals surface area (Å²) in [5.41, 5.74) is 8.96. The van der Waals surface area contributed by atoms with Crippen LogP contribution in [0.4, 0.5) is 17.1 Å². The van der Waals surface area contributed by atoms with Crippen LogP contribution in [0.15, 0.2) is 42.5 Å². The lowest BCUT2D eigenvalue weighted by Crippen LogP contribution is -2.08. The van der Waals surface area contributed by atoms with Crippen LogP contribution in [0, 0.1) is 17.0 Å². The SMILES string of the molecule is Cc1ccc([N+](=O)[O-])c(NC(C)c2ccc(N)cc2)c1. The molecule has 2 rings (SSSR count). The molecule has 0 amide bonds. The van der Waals surface area contributed by atoms with Crippen molar-refractivity contribution < 1.29 is 4.92 Å². The normalized spacial score (nSPS) is 11.9. The minimum atomic E-state index is -0.378. The standard InChI is InChI=1S/C15H17N3O2/c1-10-3-8-15(18(19)20)14(9-10)17-11(2)12-4-6-13(16)7-5-12/h3-9,11,17H,16H2,1-2H3. The molecule has 0 saturated carbocycles. The number of hydrogen-bond acceptors (Lipinski definition) is 4. The molecule has 0 saturated heterocycles. The molecular weight excluding hydrogens is 254 g/mol. The maximum atomic E-state index is 11.0. The molecule has 3 N–H and O–H groups in total. The zero-order chi connectivity index (χ0) is 14.7. The molecule has 0 aliphatic rings. The van der Waals surface area contributed by atoms with Crippen molar-refractivity contribution in [2.75, 3.05) is 11.1 Å². The molecule has 0 radical (unpaired) electrons. The number of nitro benzene ring substituents is 1. The fourth-order valence-electron chi connectivity index (χ4n) is 2.03. The zero-order valence-electron chi connectivity index (χ0n) is 11.5. The van der Waals surface area contributed by atoms with Crippen molar-refractivity contribution in [3.05, 3.63) is 63.7 Å². The average molecular weight is 271 g/mol. The molecule has 0 aliphatic carbocycles. The largest absolute Gasteiger partial charge is 0.399 e. The minimum absolute atomic E-state index is 0.0453. The molecule has 0 aliphatic heterocycles. The van der Waals surface area contributed by atoms with Gasteiger partial charge in [-0.2, -0.15) is 0 Å². The van der Waals surface area contributed by atoms with Crippen LogP contribution in [-0.2, 0) is 0 Å². The molecule has 0 aromatic heterocycles. The first kappa shape index (κ1) is 13.9. The lowest BCUT2D eigenvalue weighted by molar-refractivity contribution is -0.384. The number of nitro groups is 1. The van der Waals surface area contributed by atoms with Crippen LogP contribution < -0.4 is 11.1 Å². The van der Waals surface area contributed by atoms with E-state index in [1.807, 2.05) is 38.1 Å². The number of nitrogens with two attached hydrogens (primary N) is 1. The number of rotatable bonds is 4. The van der Waals surface area contributed by atoms with Crippen molar-refractivity contribution >= 4 is 17.1 Å². The summed E-state index contributed by atoms with van der Waals surface area (Å²) < 4.78 is 0. The van der Waals surface area contributed by atoms with E-state index in [9.17, 15) is 10.1 Å². The zero-order valence-corrected chi connectivity index (χ0v) is 11.5. The van der Waals surface area contributed by atoms with Crippen molar-refractivity contribution in [2.45, 2.75) is 19.9 Å². The van der Waals surface area contributed by atoms with Crippen molar-refractivity contribution in [1.82, 2.24) is 0 Å². The second-order valence-corrected chi connectivity index (χ2v) is 4.81. The summed E-state index contributed by atoms with van der Waals surface area (Å²) in [7, 11) is 0. The molecule has 0 heterocycles. The Morgan fingerprint density at radius 2 is 1.85 bits per heavy atom. The van der Waals surface area contributed by atoms with E-state index in [0.29, 0.717) is 11.4 Å². The Morgan fingerprint density at radius 3 is 2.45 bits per heavy atom. The first-order valence-corrected chi connectivity index (χ1v) is 6.34. The Bertz CT molecular complexity index is 624. The van der Waals surface area contributed by atoms with E-state index < -0.39 is 0 Å². The summed E-state index contributed by atoms with van der Waals surface area (Å²) in [4.78, 5) is 10.7. The smallest absolute Gasteiger partial charge is 0.292 e. The Morgan fingerprint density at radius 1 is 1.20 bits per heavy atom. The summed E-state index contributed by atoms with van der Waals surface area (Å²) in [6, 6.07) is 12.5. The van der Waals surface area contributed by atoms with Crippen LogP contribution in [-0.4, -0.2) is 4.92 Å². The lowest BCUT2D eigenvalue weighted by atomic mass is 10.1. The van der Waals surface area contributed by atoms with E-state index in [0.717, 1.165) is 11.1 Å². The quantitative estimate of drug-likeness (QED) is 0.505. The monoisotopic (exact) mass is 271 g/mol. The van der Waals surface area contributed by atoms with Gasteiger partial charge in [-0.15, -0.1) is 0 Å². The van der Waals surface area contributed by atoms with E-state index in [-0.39, 0.29) is 16.7 Å². The molecule has 5 nitrogen and oxygen atoms in total. The van der Waals surface area contributed by atoms with E-state index in [4.69, 9.17) is 5.73 Å². The highest BCUT2D eigenvalue weighted by atomic mass is 16.6. The highest BCUT2D eigenvalue weighted by molar-refractivity contribution is 5.63. The maximum Gasteiger partial charge on any atom is 0.292 e. The molecule has 0 spiro atoms. The van der Waals surface area contributed by atoms with Crippen LogP contribution in [0.2, 0.25) is 0 Å². The van der Waals surface area contributed by atoms with Gasteiger partial charge < -0.3 is 11.1 Å². The third kappa shape index (κ3) is 3.06. The molecular formula is C15H17N3O2. The number of hydrogen-bond donors (Lipinski definition) is 2. The number of nitrogens with one attached hydrogen (secondary N) is 1. The molecule has 1 unspecified atom stereocenters. The van der Waals surface area contributed by atoms with Gasteiger partial charge in [0.25, 0.3) is 5.69 Å². The number of nitrogen functional groups attached to an aromatic ring is 1.